The summed E-state index contributed by atoms with van der Waals surface area (Å²) in [5.41, 5.74) is 5.63. The van der Waals surface area contributed by atoms with E-state index in [1.807, 2.05) is 4.90 Å². The molecular formula is C12H22N2O. The highest BCUT2D eigenvalue weighted by Crippen LogP contribution is 2.33. The Morgan fingerprint density at radius 2 is 1.80 bits per heavy atom. The van der Waals surface area contributed by atoms with Crippen molar-refractivity contribution in [2.45, 2.75) is 38.5 Å². The van der Waals surface area contributed by atoms with E-state index in [2.05, 4.69) is 0 Å². The maximum atomic E-state index is 11.8. The average Bonchev–Trinajstić information content (AvgIpc) is 3.10. The van der Waals surface area contributed by atoms with E-state index in [1.165, 1.54) is 12.8 Å². The first-order valence-electron chi connectivity index (χ1n) is 6.27. The minimum Gasteiger partial charge on any atom is -0.343 e. The number of amides is 1. The molecule has 1 heterocycles. The van der Waals surface area contributed by atoms with Crippen molar-refractivity contribution in [1.29, 1.82) is 0 Å². The van der Waals surface area contributed by atoms with E-state index in [-0.39, 0.29) is 0 Å². The Morgan fingerprint density at radius 3 is 2.33 bits per heavy atom. The molecule has 0 atom stereocenters. The third kappa shape index (κ3) is 3.20. The van der Waals surface area contributed by atoms with Crippen molar-refractivity contribution < 1.29 is 4.79 Å². The van der Waals surface area contributed by atoms with Gasteiger partial charge < -0.3 is 10.6 Å². The van der Waals surface area contributed by atoms with Crippen LogP contribution >= 0.6 is 0 Å². The number of piperidine rings is 1. The highest BCUT2D eigenvalue weighted by Gasteiger charge is 2.25. The molecule has 3 nitrogen and oxygen atoms in total. The lowest BCUT2D eigenvalue weighted by Gasteiger charge is -2.31. The van der Waals surface area contributed by atoms with Gasteiger partial charge in [0, 0.05) is 19.5 Å². The number of rotatable bonds is 4. The number of hydrogen-bond donors (Lipinski definition) is 1. The molecule has 2 N–H and O–H groups in total. The lowest BCUT2D eigenvalue weighted by Crippen LogP contribution is -2.39. The van der Waals surface area contributed by atoms with Gasteiger partial charge in [-0.2, -0.15) is 0 Å². The van der Waals surface area contributed by atoms with Crippen molar-refractivity contribution in [2.24, 2.45) is 17.6 Å². The van der Waals surface area contributed by atoms with Gasteiger partial charge in [0.2, 0.25) is 5.91 Å². The Kier molecular flexibility index (Phi) is 3.62. The Balaban J connectivity index is 1.66. The summed E-state index contributed by atoms with van der Waals surface area (Å²) in [4.78, 5) is 13.9. The standard InChI is InChI=1S/C12H22N2O/c13-9-11-5-7-14(8-6-11)12(15)4-3-10-1-2-10/h10-11H,1-9,13H2. The molecule has 2 aliphatic rings. The van der Waals surface area contributed by atoms with Gasteiger partial charge in [-0.1, -0.05) is 12.8 Å². The lowest BCUT2D eigenvalue weighted by atomic mass is 9.97. The molecule has 2 fully saturated rings. The number of carbonyl (C=O) groups is 1. The van der Waals surface area contributed by atoms with E-state index in [1.54, 1.807) is 0 Å². The van der Waals surface area contributed by atoms with E-state index in [9.17, 15) is 4.79 Å². The predicted octanol–water partition coefficient (Wildman–Crippen LogP) is 1.37. The van der Waals surface area contributed by atoms with Crippen molar-refractivity contribution in [3.8, 4) is 0 Å². The molecule has 0 radical (unpaired) electrons. The van der Waals surface area contributed by atoms with Crippen LogP contribution in [0, 0.1) is 11.8 Å². The first-order valence-corrected chi connectivity index (χ1v) is 6.27. The Labute approximate surface area is 92.0 Å². The first-order chi connectivity index (χ1) is 7.29. The second kappa shape index (κ2) is 4.97. The zero-order chi connectivity index (χ0) is 10.7. The Hall–Kier alpha value is -0.570. The number of hydrogen-bond acceptors (Lipinski definition) is 2. The van der Waals surface area contributed by atoms with Crippen molar-refractivity contribution in [3.63, 3.8) is 0 Å². The maximum Gasteiger partial charge on any atom is 0.222 e. The first kappa shape index (κ1) is 10.9. The van der Waals surface area contributed by atoms with Gasteiger partial charge in [-0.3, -0.25) is 4.79 Å². The molecule has 3 heteroatoms. The molecule has 0 aromatic rings. The third-order valence-corrected chi connectivity index (χ3v) is 3.76. The summed E-state index contributed by atoms with van der Waals surface area (Å²) in [6.45, 7) is 2.65. The summed E-state index contributed by atoms with van der Waals surface area (Å²) in [6.07, 6.45) is 6.80. The van der Waals surface area contributed by atoms with Gasteiger partial charge in [-0.05, 0) is 37.6 Å². The van der Waals surface area contributed by atoms with Crippen molar-refractivity contribution in [1.82, 2.24) is 4.90 Å². The molecule has 15 heavy (non-hydrogen) atoms. The van der Waals surface area contributed by atoms with Crippen molar-refractivity contribution in [2.75, 3.05) is 19.6 Å². The van der Waals surface area contributed by atoms with E-state index in [0.29, 0.717) is 11.8 Å². The lowest BCUT2D eigenvalue weighted by molar-refractivity contribution is -0.132. The maximum absolute atomic E-state index is 11.8. The number of carbonyl (C=O) groups excluding carboxylic acids is 1. The fourth-order valence-corrected chi connectivity index (χ4v) is 2.31. The summed E-state index contributed by atoms with van der Waals surface area (Å²) in [7, 11) is 0. The van der Waals surface area contributed by atoms with Crippen molar-refractivity contribution in [3.05, 3.63) is 0 Å². The topological polar surface area (TPSA) is 46.3 Å². The summed E-state index contributed by atoms with van der Waals surface area (Å²) in [5.74, 6) is 1.89. The minimum atomic E-state index is 0.373. The number of nitrogens with zero attached hydrogens (tertiary/aromatic N) is 1. The smallest absolute Gasteiger partial charge is 0.222 e. The molecule has 86 valence electrons. The van der Waals surface area contributed by atoms with E-state index in [4.69, 9.17) is 5.73 Å². The largest absolute Gasteiger partial charge is 0.343 e. The predicted molar refractivity (Wildman–Crippen MR) is 60.3 cm³/mol. The summed E-state index contributed by atoms with van der Waals surface area (Å²) in [5, 5.41) is 0. The fraction of sp³-hybridized carbons (Fsp3) is 0.917. The Morgan fingerprint density at radius 1 is 1.13 bits per heavy atom. The number of likely N-dealkylation sites (tertiary alicyclic amines) is 1. The molecule has 0 unspecified atom stereocenters. The zero-order valence-electron chi connectivity index (χ0n) is 9.45. The van der Waals surface area contributed by atoms with Gasteiger partial charge in [0.15, 0.2) is 0 Å². The fourth-order valence-electron chi connectivity index (χ4n) is 2.31. The van der Waals surface area contributed by atoms with E-state index >= 15 is 0 Å². The van der Waals surface area contributed by atoms with Crippen LogP contribution in [0.5, 0.6) is 0 Å². The number of nitrogens with two attached hydrogens (primary N) is 1. The summed E-state index contributed by atoms with van der Waals surface area (Å²) in [6, 6.07) is 0. The van der Waals surface area contributed by atoms with E-state index in [0.717, 1.165) is 51.2 Å². The van der Waals surface area contributed by atoms with Crippen LogP contribution in [0.1, 0.15) is 38.5 Å². The van der Waals surface area contributed by atoms with Gasteiger partial charge in [-0.15, -0.1) is 0 Å². The van der Waals surface area contributed by atoms with Gasteiger partial charge in [-0.25, -0.2) is 0 Å². The van der Waals surface area contributed by atoms with Crippen LogP contribution in [0.3, 0.4) is 0 Å². The molecular weight excluding hydrogens is 188 g/mol. The molecule has 1 saturated carbocycles. The molecule has 1 amide bonds. The zero-order valence-corrected chi connectivity index (χ0v) is 9.45. The molecule has 1 aliphatic heterocycles. The second-order valence-corrected chi connectivity index (χ2v) is 5.04. The monoisotopic (exact) mass is 210 g/mol. The molecule has 1 aliphatic carbocycles. The average molecular weight is 210 g/mol. The van der Waals surface area contributed by atoms with Crippen LogP contribution in [-0.2, 0) is 4.79 Å². The molecule has 1 saturated heterocycles. The second-order valence-electron chi connectivity index (χ2n) is 5.04. The van der Waals surface area contributed by atoms with Crippen LogP contribution in [0.15, 0.2) is 0 Å². The molecule has 0 aromatic carbocycles. The van der Waals surface area contributed by atoms with Crippen LogP contribution in [0.4, 0.5) is 0 Å². The summed E-state index contributed by atoms with van der Waals surface area (Å²) < 4.78 is 0. The summed E-state index contributed by atoms with van der Waals surface area (Å²) >= 11 is 0. The highest BCUT2D eigenvalue weighted by atomic mass is 16.2. The molecule has 0 aromatic heterocycles. The SMILES string of the molecule is NCC1CCN(C(=O)CCC2CC2)CC1. The minimum absolute atomic E-state index is 0.373. The van der Waals surface area contributed by atoms with Gasteiger partial charge in [0.1, 0.15) is 0 Å². The molecule has 0 bridgehead atoms. The quantitative estimate of drug-likeness (QED) is 0.762. The normalized spacial score (nSPS) is 23.1. The van der Waals surface area contributed by atoms with Crippen LogP contribution in [0.2, 0.25) is 0 Å². The van der Waals surface area contributed by atoms with E-state index < -0.39 is 0 Å². The Bertz CT molecular complexity index is 218. The van der Waals surface area contributed by atoms with Crippen molar-refractivity contribution >= 4 is 5.91 Å². The van der Waals surface area contributed by atoms with Crippen LogP contribution in [-0.4, -0.2) is 30.4 Å². The van der Waals surface area contributed by atoms with Gasteiger partial charge in [0.25, 0.3) is 0 Å². The van der Waals surface area contributed by atoms with Crippen LogP contribution < -0.4 is 5.73 Å². The van der Waals surface area contributed by atoms with Gasteiger partial charge >= 0.3 is 0 Å². The van der Waals surface area contributed by atoms with Gasteiger partial charge in [0.05, 0.1) is 0 Å². The third-order valence-electron chi connectivity index (χ3n) is 3.76. The van der Waals surface area contributed by atoms with Crippen LogP contribution in [0.25, 0.3) is 0 Å². The molecule has 0 spiro atoms. The highest BCUT2D eigenvalue weighted by molar-refractivity contribution is 5.76. The molecule has 2 rings (SSSR count).